The number of carbonyl (C=O) groups is 1. The summed E-state index contributed by atoms with van der Waals surface area (Å²) in [6.45, 7) is 6.15. The lowest BCUT2D eigenvalue weighted by Crippen LogP contribution is -2.19. The summed E-state index contributed by atoms with van der Waals surface area (Å²) in [5.41, 5.74) is 18.0. The Hall–Kier alpha value is -9.81. The van der Waals surface area contributed by atoms with E-state index in [0.717, 1.165) is 174 Å². The lowest BCUT2D eigenvalue weighted by Gasteiger charge is -2.19. The van der Waals surface area contributed by atoms with Crippen molar-refractivity contribution in [3.8, 4) is 46.0 Å². The van der Waals surface area contributed by atoms with Crippen LogP contribution < -0.4 is 37.9 Å². The van der Waals surface area contributed by atoms with E-state index in [0.29, 0.717) is 38.8 Å². The van der Waals surface area contributed by atoms with Gasteiger partial charge in [0.2, 0.25) is 0 Å². The SMILES string of the molecule is COCCOc1ccc2c(c1)C(=Nc1ccc(OC)cc1)CCC2.COCCOc1ccc2c(c1)C(=Nc1ccc(OC)cc1)CCCC2.COc1ccc(N=C2CCCc3ccc(OCC(=O)OC(C)C)cc32)cc1.COc1ccc(N=C2CCCc3ccc(OCCO)cc32)cc1. The highest BCUT2D eigenvalue weighted by molar-refractivity contribution is 6.06. The van der Waals surface area contributed by atoms with Crippen molar-refractivity contribution in [3.05, 3.63) is 214 Å². The van der Waals surface area contributed by atoms with Gasteiger partial charge in [0.15, 0.2) is 6.61 Å². The molecular formula is C82H94N4O13. The number of methoxy groups -OCH3 is 6. The highest BCUT2D eigenvalue weighted by atomic mass is 16.6. The summed E-state index contributed by atoms with van der Waals surface area (Å²) >= 11 is 0. The lowest BCUT2D eigenvalue weighted by atomic mass is 9.90. The highest BCUT2D eigenvalue weighted by Crippen LogP contribution is 2.34. The molecule has 0 saturated heterocycles. The van der Waals surface area contributed by atoms with E-state index in [1.807, 2.05) is 147 Å². The van der Waals surface area contributed by atoms with Crippen molar-refractivity contribution in [2.24, 2.45) is 20.0 Å². The molecule has 17 nitrogen and oxygen atoms in total. The smallest absolute Gasteiger partial charge is 0.344 e. The summed E-state index contributed by atoms with van der Waals surface area (Å²) < 4.78 is 58.7. The molecule has 12 rings (SSSR count). The van der Waals surface area contributed by atoms with Gasteiger partial charge in [0.05, 0.1) is 77.1 Å². The van der Waals surface area contributed by atoms with Gasteiger partial charge in [-0.2, -0.15) is 0 Å². The maximum atomic E-state index is 11.7. The molecule has 0 aromatic heterocycles. The van der Waals surface area contributed by atoms with Gasteiger partial charge >= 0.3 is 5.97 Å². The number of hydrogen-bond acceptors (Lipinski definition) is 17. The fraction of sp³-hybridized carbons (Fsp3) is 0.354. The molecule has 520 valence electrons. The summed E-state index contributed by atoms with van der Waals surface area (Å²) in [7, 11) is 10.0. The number of aryl methyl sites for hydroxylation is 4. The van der Waals surface area contributed by atoms with E-state index in [4.69, 9.17) is 77.2 Å². The third-order valence-corrected chi connectivity index (χ3v) is 16.8. The number of esters is 1. The molecule has 99 heavy (non-hydrogen) atoms. The average molecular weight is 1340 g/mol. The monoisotopic (exact) mass is 1340 g/mol. The van der Waals surface area contributed by atoms with Crippen molar-refractivity contribution < 1.29 is 62.0 Å². The molecule has 0 bridgehead atoms. The van der Waals surface area contributed by atoms with Crippen molar-refractivity contribution in [2.75, 3.05) is 88.9 Å². The van der Waals surface area contributed by atoms with Crippen molar-refractivity contribution in [3.63, 3.8) is 0 Å². The first-order valence-electron chi connectivity index (χ1n) is 34.1. The first-order valence-corrected chi connectivity index (χ1v) is 34.1. The molecule has 1 N–H and O–H groups in total. The standard InChI is InChI=1S/C22H25NO4.C21H25NO3.C20H23NO3.C19H21NO3/c1-15(2)27-22(24)14-26-19-10-7-16-5-4-6-21(20(16)13-19)23-17-8-11-18(25-3)12-9-17;1-23-13-14-25-19-10-7-16-5-3-4-6-21(20(16)15-19)22-17-8-11-18(24-2)12-9-17;1-22-12-13-24-18-9-6-15-4-3-5-20(19(15)14-18)21-16-7-10-17(23-2)11-8-16;1-22-16-9-6-15(7-10-16)20-19-4-2-3-14-5-8-17(13-18(14)19)23-12-11-21/h7-13,15H,4-6,14H2,1-3H3;7-12,15H,3-6,13-14H2,1-2H3;6-11,14H,3-5,12-13H2,1-2H3;5-10,13,21H,2-4,11-12H2,1H3. The minimum absolute atomic E-state index is 0.0177. The number of fused-ring (bicyclic) bond motifs is 4. The Morgan fingerprint density at radius 2 is 0.616 bits per heavy atom. The normalized spacial score (nSPS) is 15.2. The van der Waals surface area contributed by atoms with Crippen LogP contribution in [0.2, 0.25) is 0 Å². The molecule has 0 heterocycles. The number of aliphatic imine (C=N–C) groups is 4. The van der Waals surface area contributed by atoms with Crippen molar-refractivity contribution >= 4 is 51.6 Å². The third kappa shape index (κ3) is 22.6. The van der Waals surface area contributed by atoms with E-state index >= 15 is 0 Å². The largest absolute Gasteiger partial charge is 0.497 e. The van der Waals surface area contributed by atoms with Crippen LogP contribution >= 0.6 is 0 Å². The molecule has 0 fully saturated rings. The molecule has 8 aromatic carbocycles. The highest BCUT2D eigenvalue weighted by Gasteiger charge is 2.21. The van der Waals surface area contributed by atoms with Crippen LogP contribution in [-0.4, -0.2) is 129 Å². The molecule has 4 aliphatic rings. The minimum atomic E-state index is -0.366. The predicted octanol–water partition coefficient (Wildman–Crippen LogP) is 16.8. The second-order valence-corrected chi connectivity index (χ2v) is 24.2. The molecule has 8 aromatic rings. The van der Waals surface area contributed by atoms with Crippen LogP contribution in [0.4, 0.5) is 22.7 Å². The van der Waals surface area contributed by atoms with Gasteiger partial charge in [0, 0.05) is 59.3 Å². The van der Waals surface area contributed by atoms with Crippen LogP contribution in [-0.2, 0) is 44.7 Å². The van der Waals surface area contributed by atoms with Crippen molar-refractivity contribution in [1.29, 1.82) is 0 Å². The van der Waals surface area contributed by atoms with Crippen LogP contribution in [0.3, 0.4) is 0 Å². The molecule has 4 aliphatic carbocycles. The molecule has 0 unspecified atom stereocenters. The van der Waals surface area contributed by atoms with Gasteiger partial charge in [-0.15, -0.1) is 0 Å². The molecule has 0 aliphatic heterocycles. The number of nitrogens with zero attached hydrogens (tertiary/aromatic N) is 4. The van der Waals surface area contributed by atoms with Gasteiger partial charge in [-0.1, -0.05) is 24.3 Å². The van der Waals surface area contributed by atoms with Crippen LogP contribution in [0.5, 0.6) is 46.0 Å². The van der Waals surface area contributed by atoms with Gasteiger partial charge in [0.25, 0.3) is 0 Å². The summed E-state index contributed by atoms with van der Waals surface area (Å²) in [5, 5.41) is 8.90. The zero-order valence-corrected chi connectivity index (χ0v) is 58.5. The van der Waals surface area contributed by atoms with Crippen molar-refractivity contribution in [2.45, 2.75) is 103 Å². The Morgan fingerprint density at radius 3 is 0.909 bits per heavy atom. The van der Waals surface area contributed by atoms with Gasteiger partial charge in [-0.25, -0.2) is 4.79 Å². The van der Waals surface area contributed by atoms with Crippen molar-refractivity contribution in [1.82, 2.24) is 0 Å². The third-order valence-electron chi connectivity index (χ3n) is 16.8. The Balaban J connectivity index is 0.000000154. The topological polar surface area (TPSA) is 188 Å². The summed E-state index contributed by atoms with van der Waals surface area (Å²) in [6, 6.07) is 55.9. The van der Waals surface area contributed by atoms with Gasteiger partial charge < -0.3 is 57.2 Å². The van der Waals surface area contributed by atoms with E-state index in [1.54, 1.807) is 42.7 Å². The maximum absolute atomic E-state index is 11.7. The molecule has 0 spiro atoms. The van der Waals surface area contributed by atoms with E-state index < -0.39 is 0 Å². The Labute approximate surface area is 583 Å². The molecule has 0 atom stereocenters. The number of carbonyl (C=O) groups excluding carboxylic acids is 1. The Morgan fingerprint density at radius 1 is 0.343 bits per heavy atom. The first-order chi connectivity index (χ1) is 48.4. The van der Waals surface area contributed by atoms with Gasteiger partial charge in [0.1, 0.15) is 65.8 Å². The van der Waals surface area contributed by atoms with Gasteiger partial charge in [-0.3, -0.25) is 20.0 Å². The predicted molar refractivity (Wildman–Crippen MR) is 393 cm³/mol. The van der Waals surface area contributed by atoms with Crippen LogP contribution in [0, 0.1) is 0 Å². The Kier molecular flexibility index (Phi) is 28.9. The van der Waals surface area contributed by atoms with E-state index in [9.17, 15) is 4.79 Å². The van der Waals surface area contributed by atoms with Crippen LogP contribution in [0.15, 0.2) is 190 Å². The molecule has 0 saturated carbocycles. The zero-order valence-electron chi connectivity index (χ0n) is 58.5. The fourth-order valence-corrected chi connectivity index (χ4v) is 11.8. The molecular weight excluding hydrogens is 1250 g/mol. The summed E-state index contributed by atoms with van der Waals surface area (Å²) in [4.78, 5) is 31.1. The Bertz CT molecular complexity index is 3980. The van der Waals surface area contributed by atoms with E-state index in [2.05, 4.69) is 36.4 Å². The van der Waals surface area contributed by atoms with E-state index in [1.165, 1.54) is 39.8 Å². The summed E-state index contributed by atoms with van der Waals surface area (Å²) in [6.07, 6.45) is 13.6. The number of benzene rings is 8. The van der Waals surface area contributed by atoms with E-state index in [-0.39, 0.29) is 25.3 Å². The lowest BCUT2D eigenvalue weighted by molar-refractivity contribution is -0.149. The second kappa shape index (κ2) is 39.0. The number of aliphatic hydroxyl groups is 1. The van der Waals surface area contributed by atoms with Crippen LogP contribution in [0.25, 0.3) is 0 Å². The first kappa shape index (κ1) is 73.4. The zero-order chi connectivity index (χ0) is 69.6. The summed E-state index contributed by atoms with van der Waals surface area (Å²) in [5.74, 6) is 6.14. The number of rotatable bonds is 23. The fourth-order valence-electron chi connectivity index (χ4n) is 11.8. The number of hydrogen-bond donors (Lipinski definition) is 1. The molecule has 0 amide bonds. The average Bonchev–Trinajstić information content (AvgIpc) is 1.69. The molecule has 17 heteroatoms. The quantitative estimate of drug-likeness (QED) is 0.0362. The maximum Gasteiger partial charge on any atom is 0.344 e. The number of aliphatic hydroxyl groups excluding tert-OH is 1. The van der Waals surface area contributed by atoms with Gasteiger partial charge in [-0.05, 0) is 265 Å². The molecule has 0 radical (unpaired) electrons. The number of ether oxygens (including phenoxy) is 11. The minimum Gasteiger partial charge on any atom is -0.497 e. The van der Waals surface area contributed by atoms with Crippen LogP contribution in [0.1, 0.15) is 116 Å². The second-order valence-electron chi connectivity index (χ2n) is 24.2.